The van der Waals surface area contributed by atoms with Gasteiger partial charge in [-0.1, -0.05) is 6.42 Å². The number of hydrogen-bond donors (Lipinski definition) is 2. The summed E-state index contributed by atoms with van der Waals surface area (Å²) in [4.78, 5) is 13.1. The summed E-state index contributed by atoms with van der Waals surface area (Å²) in [6, 6.07) is 0. The topological polar surface area (TPSA) is 76.0 Å². The quantitative estimate of drug-likeness (QED) is 0.183. The Morgan fingerprint density at radius 2 is 1.22 bits per heavy atom. The number of hydrogen-bond acceptors (Lipinski definition) is 5. The van der Waals surface area contributed by atoms with Crippen LogP contribution in [0.3, 0.4) is 0 Å². The second-order valence-electron chi connectivity index (χ2n) is 14.4. The van der Waals surface area contributed by atoms with Crippen LogP contribution in [-0.4, -0.2) is 70.9 Å². The Kier molecular flexibility index (Phi) is 9.60. The molecule has 0 radical (unpaired) electrons. The fraction of sp³-hybridized carbons (Fsp3) is 0.966. The van der Waals surface area contributed by atoms with Crippen LogP contribution >= 0.6 is 0 Å². The molecule has 268 valence electrons. The van der Waals surface area contributed by atoms with E-state index < -0.39 is 109 Å². The van der Waals surface area contributed by atoms with Crippen LogP contribution in [-0.2, 0) is 14.3 Å². The lowest BCUT2D eigenvalue weighted by Crippen LogP contribution is -2.61. The Hall–Kier alpha value is -1.49. The fourth-order valence-corrected chi connectivity index (χ4v) is 8.72. The minimum Gasteiger partial charge on any atom is -0.460 e. The Morgan fingerprint density at radius 1 is 0.717 bits per heavy atom. The zero-order valence-electron chi connectivity index (χ0n) is 25.2. The molecule has 5 nitrogen and oxygen atoms in total. The molecule has 0 saturated heterocycles. The van der Waals surface area contributed by atoms with Gasteiger partial charge < -0.3 is 19.7 Å². The number of rotatable bonds is 10. The van der Waals surface area contributed by atoms with Gasteiger partial charge in [0, 0.05) is 0 Å². The lowest BCUT2D eigenvalue weighted by atomic mass is 9.68. The Balaban J connectivity index is 1.51. The van der Waals surface area contributed by atoms with Crippen LogP contribution in [0.25, 0.3) is 0 Å². The second-order valence-corrected chi connectivity index (χ2v) is 14.4. The van der Waals surface area contributed by atoms with E-state index in [-0.39, 0.29) is 12.3 Å². The first-order valence-electron chi connectivity index (χ1n) is 15.2. The van der Waals surface area contributed by atoms with Crippen molar-refractivity contribution in [3.8, 4) is 0 Å². The predicted molar refractivity (Wildman–Crippen MR) is 135 cm³/mol. The van der Waals surface area contributed by atoms with Crippen LogP contribution in [0.4, 0.5) is 52.7 Å². The Bertz CT molecular complexity index is 1090. The van der Waals surface area contributed by atoms with Crippen molar-refractivity contribution in [2.24, 2.45) is 46.8 Å². The van der Waals surface area contributed by atoms with Gasteiger partial charge in [-0.15, -0.1) is 0 Å². The summed E-state index contributed by atoms with van der Waals surface area (Å²) in [7, 11) is 0. The molecule has 4 bridgehead atoms. The molecule has 4 fully saturated rings. The number of esters is 1. The first-order chi connectivity index (χ1) is 20.6. The van der Waals surface area contributed by atoms with E-state index >= 15 is 0 Å². The molecule has 46 heavy (non-hydrogen) atoms. The van der Waals surface area contributed by atoms with Crippen LogP contribution in [0.2, 0.25) is 0 Å². The van der Waals surface area contributed by atoms with Gasteiger partial charge in [0.25, 0.3) is 11.2 Å². The fourth-order valence-electron chi connectivity index (χ4n) is 8.72. The first kappa shape index (κ1) is 37.3. The minimum atomic E-state index is -6.38. The van der Waals surface area contributed by atoms with Crippen LogP contribution in [0, 0.1) is 46.8 Å². The molecule has 2 N–H and O–H groups in total. The third kappa shape index (κ3) is 6.46. The molecule has 0 aliphatic heterocycles. The average molecular weight is 695 g/mol. The molecule has 0 amide bonds. The summed E-state index contributed by atoms with van der Waals surface area (Å²) < 4.78 is 174. The summed E-state index contributed by atoms with van der Waals surface area (Å²) in [6.45, 7) is 4.53. The third-order valence-corrected chi connectivity index (χ3v) is 11.3. The molecule has 4 aliphatic carbocycles. The van der Waals surface area contributed by atoms with Gasteiger partial charge >= 0.3 is 30.7 Å². The van der Waals surface area contributed by atoms with Crippen molar-refractivity contribution < 1.29 is 77.2 Å². The Morgan fingerprint density at radius 3 is 1.65 bits per heavy atom. The standard InChI is InChI=1S/C29H38F12O5/c1-13(46-22(42)23(2,3)20-7-14-4-5-15(20)6-14)12-45-21-9-16-8-17(21)19(11-25(44,28(36,37)38)29(39,40)41)18(16)10-24(43,26(30,31)32)27(33,34)35/h13-21,43-44H,4-12H2,1-3H3. The van der Waals surface area contributed by atoms with Gasteiger partial charge in [0.15, 0.2) is 0 Å². The molecule has 4 rings (SSSR count). The van der Waals surface area contributed by atoms with Crippen LogP contribution in [0.5, 0.6) is 0 Å². The highest BCUT2D eigenvalue weighted by Crippen LogP contribution is 2.62. The highest BCUT2D eigenvalue weighted by atomic mass is 19.4. The maximum Gasteiger partial charge on any atom is 0.426 e. The van der Waals surface area contributed by atoms with Gasteiger partial charge in [-0.25, -0.2) is 0 Å². The molecule has 0 heterocycles. The summed E-state index contributed by atoms with van der Waals surface area (Å²) >= 11 is 0. The summed E-state index contributed by atoms with van der Waals surface area (Å²) in [5.41, 5.74) is -11.7. The summed E-state index contributed by atoms with van der Waals surface area (Å²) in [5.74, 6) is -6.60. The van der Waals surface area contributed by atoms with Crippen molar-refractivity contribution in [2.45, 2.75) is 120 Å². The molecule has 0 aromatic rings. The number of halogens is 12. The van der Waals surface area contributed by atoms with Crippen molar-refractivity contribution >= 4 is 5.97 Å². The normalized spacial score (nSPS) is 33.2. The molecular formula is C29H38F12O5. The minimum absolute atomic E-state index is 0.0863. The monoisotopic (exact) mass is 694 g/mol. The highest BCUT2D eigenvalue weighted by Gasteiger charge is 2.75. The smallest absolute Gasteiger partial charge is 0.426 e. The predicted octanol–water partition coefficient (Wildman–Crippen LogP) is 7.53. The molecule has 0 spiro atoms. The van der Waals surface area contributed by atoms with Crippen molar-refractivity contribution in [1.82, 2.24) is 0 Å². The van der Waals surface area contributed by atoms with E-state index in [1.54, 1.807) is 13.8 Å². The number of carbonyl (C=O) groups excluding carboxylic acids is 1. The maximum absolute atomic E-state index is 13.6. The Labute approximate surface area is 257 Å². The van der Waals surface area contributed by atoms with Gasteiger partial charge in [-0.2, -0.15) is 52.7 Å². The largest absolute Gasteiger partial charge is 0.460 e. The maximum atomic E-state index is 13.6. The molecule has 0 aromatic heterocycles. The van der Waals surface area contributed by atoms with E-state index in [0.717, 1.165) is 25.7 Å². The van der Waals surface area contributed by atoms with Crippen molar-refractivity contribution in [2.75, 3.05) is 6.61 Å². The van der Waals surface area contributed by atoms with Crippen LogP contribution < -0.4 is 0 Å². The summed E-state index contributed by atoms with van der Waals surface area (Å²) in [6.07, 6.45) is -29.0. The van der Waals surface area contributed by atoms with E-state index in [0.29, 0.717) is 11.8 Å². The first-order valence-corrected chi connectivity index (χ1v) is 15.2. The van der Waals surface area contributed by atoms with Gasteiger partial charge in [-0.05, 0) is 107 Å². The summed E-state index contributed by atoms with van der Waals surface area (Å²) in [5, 5.41) is 19.6. The van der Waals surface area contributed by atoms with Gasteiger partial charge in [-0.3, -0.25) is 4.79 Å². The lowest BCUT2D eigenvalue weighted by Gasteiger charge is -2.44. The zero-order chi connectivity index (χ0) is 35.1. The van der Waals surface area contributed by atoms with E-state index in [1.807, 2.05) is 0 Å². The van der Waals surface area contributed by atoms with Crippen molar-refractivity contribution in [3.05, 3.63) is 0 Å². The number of alkyl halides is 12. The number of carbonyl (C=O) groups is 1. The number of aliphatic hydroxyl groups is 2. The second kappa shape index (κ2) is 11.8. The van der Waals surface area contributed by atoms with E-state index in [2.05, 4.69) is 0 Å². The third-order valence-electron chi connectivity index (χ3n) is 11.3. The van der Waals surface area contributed by atoms with E-state index in [1.165, 1.54) is 6.92 Å². The lowest BCUT2D eigenvalue weighted by molar-refractivity contribution is -0.381. The van der Waals surface area contributed by atoms with Crippen LogP contribution in [0.1, 0.15) is 72.1 Å². The van der Waals surface area contributed by atoms with E-state index in [9.17, 15) is 67.7 Å². The number of ether oxygens (including phenoxy) is 2. The average Bonchev–Trinajstić information content (AvgIpc) is 3.67. The molecular weight excluding hydrogens is 656 g/mol. The van der Waals surface area contributed by atoms with Crippen molar-refractivity contribution in [1.29, 1.82) is 0 Å². The van der Waals surface area contributed by atoms with Gasteiger partial charge in [0.1, 0.15) is 6.10 Å². The van der Waals surface area contributed by atoms with Crippen LogP contribution in [0.15, 0.2) is 0 Å². The van der Waals surface area contributed by atoms with E-state index in [4.69, 9.17) is 9.47 Å². The SMILES string of the molecule is CC(COC1CC2CC1C(CC(O)(C(F)(F)F)C(F)(F)F)C2CC(O)(C(F)(F)F)C(F)(F)F)OC(=O)C(C)(C)C1CC2CCC1C2. The molecule has 17 heteroatoms. The van der Waals surface area contributed by atoms with Crippen molar-refractivity contribution in [3.63, 3.8) is 0 Å². The molecule has 4 saturated carbocycles. The highest BCUT2D eigenvalue weighted by molar-refractivity contribution is 5.76. The molecule has 0 aromatic carbocycles. The van der Waals surface area contributed by atoms with Gasteiger partial charge in [0.2, 0.25) is 0 Å². The molecule has 9 atom stereocenters. The zero-order valence-corrected chi connectivity index (χ0v) is 25.2. The molecule has 4 aliphatic rings. The number of fused-ring (bicyclic) bond motifs is 4. The van der Waals surface area contributed by atoms with Gasteiger partial charge in [0.05, 0.1) is 18.1 Å². The molecule has 9 unspecified atom stereocenters.